The summed E-state index contributed by atoms with van der Waals surface area (Å²) in [6.07, 6.45) is 0. The van der Waals surface area contributed by atoms with Crippen molar-refractivity contribution in [3.8, 4) is 0 Å². The van der Waals surface area contributed by atoms with Crippen LogP contribution in [0.5, 0.6) is 0 Å². The fourth-order valence-electron chi connectivity index (χ4n) is 3.04. The van der Waals surface area contributed by atoms with Crippen molar-refractivity contribution in [2.75, 3.05) is 32.8 Å². The molecule has 1 saturated heterocycles. The summed E-state index contributed by atoms with van der Waals surface area (Å²) in [5.41, 5.74) is 1.08. The summed E-state index contributed by atoms with van der Waals surface area (Å²) in [6, 6.07) is 0. The largest absolute Gasteiger partial charge is 0.371 e. The standard InChI is InChI=1S/C14H28N2O/c1-12(2)11(13(12,3)4)8-15-6-7-17-14(5)9-16-10-14/h11,15-16H,6-10H2,1-5H3. The van der Waals surface area contributed by atoms with Gasteiger partial charge in [-0.25, -0.2) is 0 Å². The van der Waals surface area contributed by atoms with Gasteiger partial charge in [0.1, 0.15) is 0 Å². The maximum absolute atomic E-state index is 5.85. The highest BCUT2D eigenvalue weighted by molar-refractivity contribution is 5.12. The molecule has 1 aliphatic heterocycles. The first-order valence-electron chi connectivity index (χ1n) is 6.85. The fourth-order valence-corrected chi connectivity index (χ4v) is 3.04. The molecule has 1 aliphatic carbocycles. The van der Waals surface area contributed by atoms with Gasteiger partial charge in [0.15, 0.2) is 0 Å². The van der Waals surface area contributed by atoms with E-state index in [9.17, 15) is 0 Å². The molecular weight excluding hydrogens is 212 g/mol. The van der Waals surface area contributed by atoms with E-state index in [-0.39, 0.29) is 5.60 Å². The lowest BCUT2D eigenvalue weighted by atomic mass is 10.0. The molecule has 0 atom stereocenters. The van der Waals surface area contributed by atoms with Crippen molar-refractivity contribution >= 4 is 0 Å². The zero-order chi connectivity index (χ0) is 12.7. The molecule has 0 aromatic heterocycles. The van der Waals surface area contributed by atoms with Crippen molar-refractivity contribution in [3.05, 3.63) is 0 Å². The summed E-state index contributed by atoms with van der Waals surface area (Å²) in [5.74, 6) is 0.802. The molecule has 0 aromatic carbocycles. The molecule has 1 saturated carbocycles. The molecule has 2 fully saturated rings. The molecule has 2 aliphatic rings. The Balaban J connectivity index is 1.56. The first-order valence-corrected chi connectivity index (χ1v) is 6.85. The minimum Gasteiger partial charge on any atom is -0.371 e. The minimum atomic E-state index is 0.0970. The van der Waals surface area contributed by atoms with Crippen molar-refractivity contribution in [2.45, 2.75) is 40.2 Å². The summed E-state index contributed by atoms with van der Waals surface area (Å²) in [7, 11) is 0. The topological polar surface area (TPSA) is 33.3 Å². The molecule has 0 spiro atoms. The smallest absolute Gasteiger partial charge is 0.0902 e. The lowest BCUT2D eigenvalue weighted by Crippen LogP contribution is -2.59. The molecule has 1 heterocycles. The Labute approximate surface area is 106 Å². The average molecular weight is 240 g/mol. The van der Waals surface area contributed by atoms with Gasteiger partial charge in [0.05, 0.1) is 12.2 Å². The van der Waals surface area contributed by atoms with Crippen LogP contribution in [0.2, 0.25) is 0 Å². The molecule has 17 heavy (non-hydrogen) atoms. The van der Waals surface area contributed by atoms with Crippen LogP contribution in [0.1, 0.15) is 34.6 Å². The Morgan fingerprint density at radius 1 is 1.12 bits per heavy atom. The van der Waals surface area contributed by atoms with E-state index in [4.69, 9.17) is 4.74 Å². The average Bonchev–Trinajstić information content (AvgIpc) is 2.56. The SMILES string of the molecule is CC1(OCCNCC2C(C)(C)C2(C)C)CNC1. The molecule has 0 bridgehead atoms. The Morgan fingerprint density at radius 3 is 2.12 bits per heavy atom. The lowest BCUT2D eigenvalue weighted by molar-refractivity contribution is -0.0648. The van der Waals surface area contributed by atoms with E-state index in [1.165, 1.54) is 0 Å². The van der Waals surface area contributed by atoms with Gasteiger partial charge in [-0.05, 0) is 30.2 Å². The summed E-state index contributed by atoms with van der Waals surface area (Å²) < 4.78 is 5.85. The van der Waals surface area contributed by atoms with Gasteiger partial charge in [-0.2, -0.15) is 0 Å². The van der Waals surface area contributed by atoms with Gasteiger partial charge in [-0.15, -0.1) is 0 Å². The molecule has 3 nitrogen and oxygen atoms in total. The van der Waals surface area contributed by atoms with Crippen LogP contribution >= 0.6 is 0 Å². The molecule has 100 valence electrons. The van der Waals surface area contributed by atoms with Crippen molar-refractivity contribution < 1.29 is 4.74 Å². The zero-order valence-corrected chi connectivity index (χ0v) is 12.0. The predicted octanol–water partition coefficient (Wildman–Crippen LogP) is 1.64. The highest BCUT2D eigenvalue weighted by Crippen LogP contribution is 2.67. The summed E-state index contributed by atoms with van der Waals surface area (Å²) in [4.78, 5) is 0. The van der Waals surface area contributed by atoms with E-state index >= 15 is 0 Å². The second kappa shape index (κ2) is 4.22. The number of rotatable bonds is 6. The third-order valence-electron chi connectivity index (χ3n) is 5.40. The molecule has 0 amide bonds. The molecule has 3 heteroatoms. The van der Waals surface area contributed by atoms with Gasteiger partial charge in [0.2, 0.25) is 0 Å². The minimum absolute atomic E-state index is 0.0970. The van der Waals surface area contributed by atoms with E-state index < -0.39 is 0 Å². The van der Waals surface area contributed by atoms with Crippen molar-refractivity contribution in [1.29, 1.82) is 0 Å². The summed E-state index contributed by atoms with van der Waals surface area (Å²) >= 11 is 0. The fraction of sp³-hybridized carbons (Fsp3) is 1.00. The first kappa shape index (κ1) is 13.3. The second-order valence-electron chi connectivity index (χ2n) is 7.10. The second-order valence-corrected chi connectivity index (χ2v) is 7.10. The highest BCUT2D eigenvalue weighted by atomic mass is 16.5. The van der Waals surface area contributed by atoms with Gasteiger partial charge < -0.3 is 15.4 Å². The van der Waals surface area contributed by atoms with Gasteiger partial charge in [0, 0.05) is 19.6 Å². The van der Waals surface area contributed by atoms with Gasteiger partial charge in [-0.1, -0.05) is 27.7 Å². The first-order chi connectivity index (χ1) is 7.80. The van der Waals surface area contributed by atoms with Crippen LogP contribution in [-0.2, 0) is 4.74 Å². The third kappa shape index (κ3) is 2.38. The van der Waals surface area contributed by atoms with Crippen LogP contribution in [-0.4, -0.2) is 38.4 Å². The summed E-state index contributed by atoms with van der Waals surface area (Å²) in [6.45, 7) is 16.6. The van der Waals surface area contributed by atoms with Crippen molar-refractivity contribution in [1.82, 2.24) is 10.6 Å². The van der Waals surface area contributed by atoms with E-state index in [0.29, 0.717) is 10.8 Å². The van der Waals surface area contributed by atoms with E-state index in [2.05, 4.69) is 45.3 Å². The maximum atomic E-state index is 5.85. The van der Waals surface area contributed by atoms with E-state index in [0.717, 1.165) is 38.7 Å². The Kier molecular flexibility index (Phi) is 3.30. The van der Waals surface area contributed by atoms with Crippen LogP contribution in [0, 0.1) is 16.7 Å². The van der Waals surface area contributed by atoms with Crippen LogP contribution in [0.25, 0.3) is 0 Å². The number of ether oxygens (including phenoxy) is 1. The van der Waals surface area contributed by atoms with Gasteiger partial charge in [-0.3, -0.25) is 0 Å². The normalized spacial score (nSPS) is 28.8. The Bertz CT molecular complexity index is 268. The van der Waals surface area contributed by atoms with E-state index in [1.807, 2.05) is 0 Å². The van der Waals surface area contributed by atoms with E-state index in [1.54, 1.807) is 0 Å². The molecule has 2 N–H and O–H groups in total. The van der Waals surface area contributed by atoms with Gasteiger partial charge in [0.25, 0.3) is 0 Å². The Morgan fingerprint density at radius 2 is 1.71 bits per heavy atom. The van der Waals surface area contributed by atoms with Crippen LogP contribution in [0.3, 0.4) is 0 Å². The summed E-state index contributed by atoms with van der Waals surface area (Å²) in [5, 5.41) is 6.78. The molecule has 0 unspecified atom stereocenters. The molecule has 0 aromatic rings. The van der Waals surface area contributed by atoms with Gasteiger partial charge >= 0.3 is 0 Å². The quantitative estimate of drug-likeness (QED) is 0.693. The Hall–Kier alpha value is -0.120. The highest BCUT2D eigenvalue weighted by Gasteiger charge is 2.63. The monoisotopic (exact) mass is 240 g/mol. The lowest BCUT2D eigenvalue weighted by Gasteiger charge is -2.39. The molecule has 2 rings (SSSR count). The molecule has 0 radical (unpaired) electrons. The van der Waals surface area contributed by atoms with Crippen LogP contribution < -0.4 is 10.6 Å². The molecular formula is C14H28N2O. The zero-order valence-electron chi connectivity index (χ0n) is 12.0. The number of hydrogen-bond acceptors (Lipinski definition) is 3. The van der Waals surface area contributed by atoms with Crippen LogP contribution in [0.4, 0.5) is 0 Å². The third-order valence-corrected chi connectivity index (χ3v) is 5.40. The number of nitrogens with one attached hydrogen (secondary N) is 2. The van der Waals surface area contributed by atoms with Crippen LogP contribution in [0.15, 0.2) is 0 Å². The van der Waals surface area contributed by atoms with Crippen molar-refractivity contribution in [2.24, 2.45) is 16.7 Å². The number of hydrogen-bond donors (Lipinski definition) is 2. The van der Waals surface area contributed by atoms with Crippen molar-refractivity contribution in [3.63, 3.8) is 0 Å². The predicted molar refractivity (Wildman–Crippen MR) is 71.1 cm³/mol. The maximum Gasteiger partial charge on any atom is 0.0902 e.